The molecule has 1 fully saturated rings. The molecule has 0 atom stereocenters. The van der Waals surface area contributed by atoms with Crippen molar-refractivity contribution in [2.45, 2.75) is 31.9 Å². The van der Waals surface area contributed by atoms with E-state index in [0.717, 1.165) is 5.69 Å². The molecule has 116 valence electrons. The third kappa shape index (κ3) is 3.00. The van der Waals surface area contributed by atoms with Crippen molar-refractivity contribution in [3.8, 4) is 0 Å². The van der Waals surface area contributed by atoms with Crippen LogP contribution in [0, 0.1) is 6.92 Å². The highest BCUT2D eigenvalue weighted by Crippen LogP contribution is 2.30. The van der Waals surface area contributed by atoms with Crippen molar-refractivity contribution in [1.82, 2.24) is 15.0 Å². The Morgan fingerprint density at radius 3 is 2.77 bits per heavy atom. The van der Waals surface area contributed by atoms with Crippen molar-refractivity contribution >= 4 is 5.91 Å². The van der Waals surface area contributed by atoms with E-state index in [1.165, 1.54) is 6.26 Å². The topological polar surface area (TPSA) is 59.2 Å². The molecule has 1 aliphatic rings. The number of aromatic nitrogens is 2. The number of piperidine rings is 1. The van der Waals surface area contributed by atoms with Crippen molar-refractivity contribution in [3.05, 3.63) is 47.6 Å². The number of carbonyl (C=O) groups is 1. The Bertz CT molecular complexity index is 648. The molecule has 1 aliphatic heterocycles. The van der Waals surface area contributed by atoms with Gasteiger partial charge in [-0.3, -0.25) is 9.78 Å². The van der Waals surface area contributed by atoms with Gasteiger partial charge in [0.1, 0.15) is 11.9 Å². The van der Waals surface area contributed by atoms with Gasteiger partial charge in [0.25, 0.3) is 5.91 Å². The molecule has 0 N–H and O–H groups in total. The second kappa shape index (κ2) is 5.87. The fraction of sp³-hybridized carbons (Fsp3) is 0.438. The first-order valence-corrected chi connectivity index (χ1v) is 7.36. The summed E-state index contributed by atoms with van der Waals surface area (Å²) in [7, 11) is 0. The number of carbonyl (C=O) groups excluding carboxylic acids is 1. The van der Waals surface area contributed by atoms with Gasteiger partial charge < -0.3 is 9.42 Å². The smallest absolute Gasteiger partial charge is 0.276 e. The SMILES string of the molecule is Cc1conc1C(=O)N1CCC(F)(Cc2ccccn2)CC1. The number of hydrogen-bond donors (Lipinski definition) is 0. The van der Waals surface area contributed by atoms with E-state index < -0.39 is 5.67 Å². The third-order valence-electron chi connectivity index (χ3n) is 4.12. The molecule has 0 aliphatic carbocycles. The van der Waals surface area contributed by atoms with Gasteiger partial charge in [0.05, 0.1) is 0 Å². The Kier molecular flexibility index (Phi) is 3.92. The highest BCUT2D eigenvalue weighted by atomic mass is 19.1. The Hall–Kier alpha value is -2.24. The zero-order valence-corrected chi connectivity index (χ0v) is 12.5. The van der Waals surface area contributed by atoms with Gasteiger partial charge >= 0.3 is 0 Å². The van der Waals surface area contributed by atoms with E-state index in [4.69, 9.17) is 4.52 Å². The van der Waals surface area contributed by atoms with Crippen molar-refractivity contribution in [2.75, 3.05) is 13.1 Å². The number of nitrogens with zero attached hydrogens (tertiary/aromatic N) is 3. The van der Waals surface area contributed by atoms with Crippen LogP contribution in [0.15, 0.2) is 35.2 Å². The van der Waals surface area contributed by atoms with E-state index in [-0.39, 0.29) is 5.91 Å². The van der Waals surface area contributed by atoms with E-state index in [1.807, 2.05) is 18.2 Å². The molecule has 2 aromatic rings. The average Bonchev–Trinajstić information content (AvgIpc) is 2.94. The van der Waals surface area contributed by atoms with Crippen LogP contribution in [-0.4, -0.2) is 39.7 Å². The number of likely N-dealkylation sites (tertiary alicyclic amines) is 1. The Morgan fingerprint density at radius 2 is 2.18 bits per heavy atom. The fourth-order valence-electron chi connectivity index (χ4n) is 2.76. The Labute approximate surface area is 128 Å². The van der Waals surface area contributed by atoms with Crippen LogP contribution in [0.5, 0.6) is 0 Å². The monoisotopic (exact) mass is 303 g/mol. The predicted molar refractivity (Wildman–Crippen MR) is 78.2 cm³/mol. The zero-order chi connectivity index (χ0) is 15.6. The van der Waals surface area contributed by atoms with Crippen molar-refractivity contribution in [1.29, 1.82) is 0 Å². The predicted octanol–water partition coefficient (Wildman–Crippen LogP) is 2.57. The second-order valence-electron chi connectivity index (χ2n) is 5.79. The quantitative estimate of drug-likeness (QED) is 0.874. The van der Waals surface area contributed by atoms with Gasteiger partial charge in [0.15, 0.2) is 5.69 Å². The standard InChI is InChI=1S/C16H18FN3O2/c1-12-11-22-19-14(12)15(21)20-8-5-16(17,6-9-20)10-13-4-2-3-7-18-13/h2-4,7,11H,5-6,8-10H2,1H3. The summed E-state index contributed by atoms with van der Waals surface area (Å²) >= 11 is 0. The molecule has 2 aromatic heterocycles. The number of hydrogen-bond acceptors (Lipinski definition) is 4. The minimum atomic E-state index is -1.30. The molecule has 0 unspecified atom stereocenters. The van der Waals surface area contributed by atoms with Gasteiger partial charge in [0.2, 0.25) is 0 Å². The number of aryl methyl sites for hydroxylation is 1. The van der Waals surface area contributed by atoms with Crippen LogP contribution in [0.1, 0.15) is 34.6 Å². The molecule has 1 amide bonds. The molecule has 6 heteroatoms. The van der Waals surface area contributed by atoms with Gasteiger partial charge in [-0.1, -0.05) is 11.2 Å². The summed E-state index contributed by atoms with van der Waals surface area (Å²) in [5, 5.41) is 3.73. The number of amides is 1. The van der Waals surface area contributed by atoms with Gasteiger partial charge in [0, 0.05) is 37.0 Å². The van der Waals surface area contributed by atoms with Gasteiger partial charge in [-0.2, -0.15) is 0 Å². The van der Waals surface area contributed by atoms with Crippen molar-refractivity contribution in [2.24, 2.45) is 0 Å². The van der Waals surface area contributed by atoms with Crippen molar-refractivity contribution in [3.63, 3.8) is 0 Å². The number of halogens is 1. The maximum atomic E-state index is 14.9. The first kappa shape index (κ1) is 14.7. The molecule has 0 aromatic carbocycles. The second-order valence-corrected chi connectivity index (χ2v) is 5.79. The summed E-state index contributed by atoms with van der Waals surface area (Å²) in [5.41, 5.74) is 0.466. The molecule has 22 heavy (non-hydrogen) atoms. The van der Waals surface area contributed by atoms with Gasteiger partial charge in [-0.15, -0.1) is 0 Å². The molecule has 0 saturated carbocycles. The highest BCUT2D eigenvalue weighted by molar-refractivity contribution is 5.93. The Morgan fingerprint density at radius 1 is 1.41 bits per heavy atom. The third-order valence-corrected chi connectivity index (χ3v) is 4.12. The molecule has 1 saturated heterocycles. The lowest BCUT2D eigenvalue weighted by atomic mass is 9.88. The lowest BCUT2D eigenvalue weighted by molar-refractivity contribution is 0.0426. The largest absolute Gasteiger partial charge is 0.364 e. The molecule has 0 radical (unpaired) electrons. The van der Waals surface area contributed by atoms with Crippen LogP contribution in [0.2, 0.25) is 0 Å². The van der Waals surface area contributed by atoms with Crippen LogP contribution in [0.4, 0.5) is 4.39 Å². The average molecular weight is 303 g/mol. The molecule has 0 bridgehead atoms. The lowest BCUT2D eigenvalue weighted by Crippen LogP contribution is -2.45. The van der Waals surface area contributed by atoms with E-state index in [1.54, 1.807) is 18.0 Å². The molecule has 0 spiro atoms. The summed E-state index contributed by atoms with van der Waals surface area (Å²) < 4.78 is 19.7. The number of alkyl halides is 1. The van der Waals surface area contributed by atoms with Crippen LogP contribution in [0.3, 0.4) is 0 Å². The van der Waals surface area contributed by atoms with Crippen LogP contribution in [0.25, 0.3) is 0 Å². The minimum absolute atomic E-state index is 0.189. The van der Waals surface area contributed by atoms with Gasteiger partial charge in [-0.25, -0.2) is 4.39 Å². The van der Waals surface area contributed by atoms with Gasteiger partial charge in [-0.05, 0) is 31.9 Å². The van der Waals surface area contributed by atoms with E-state index in [2.05, 4.69) is 10.1 Å². The lowest BCUT2D eigenvalue weighted by Gasteiger charge is -2.36. The zero-order valence-electron chi connectivity index (χ0n) is 12.5. The summed E-state index contributed by atoms with van der Waals surface area (Å²) in [6.45, 7) is 2.54. The molecule has 5 nitrogen and oxygen atoms in total. The Balaban J connectivity index is 1.62. The summed E-state index contributed by atoms with van der Waals surface area (Å²) in [6, 6.07) is 5.51. The van der Waals surface area contributed by atoms with E-state index in [0.29, 0.717) is 43.6 Å². The van der Waals surface area contributed by atoms with Crippen LogP contribution in [-0.2, 0) is 6.42 Å². The summed E-state index contributed by atoms with van der Waals surface area (Å²) in [6.07, 6.45) is 4.03. The van der Waals surface area contributed by atoms with Crippen molar-refractivity contribution < 1.29 is 13.7 Å². The number of pyridine rings is 1. The first-order chi connectivity index (χ1) is 10.6. The highest BCUT2D eigenvalue weighted by Gasteiger charge is 2.37. The fourth-order valence-corrected chi connectivity index (χ4v) is 2.76. The number of rotatable bonds is 3. The first-order valence-electron chi connectivity index (χ1n) is 7.36. The van der Waals surface area contributed by atoms with E-state index >= 15 is 0 Å². The molecule has 3 heterocycles. The maximum Gasteiger partial charge on any atom is 0.276 e. The maximum absolute atomic E-state index is 14.9. The minimum Gasteiger partial charge on any atom is -0.364 e. The van der Waals surface area contributed by atoms with E-state index in [9.17, 15) is 9.18 Å². The summed E-state index contributed by atoms with van der Waals surface area (Å²) in [5.74, 6) is -0.189. The normalized spacial score (nSPS) is 17.5. The molecule has 3 rings (SSSR count). The van der Waals surface area contributed by atoms with Crippen LogP contribution < -0.4 is 0 Å². The molecular weight excluding hydrogens is 285 g/mol. The summed E-state index contributed by atoms with van der Waals surface area (Å²) in [4.78, 5) is 18.1. The molecular formula is C16H18FN3O2. The van der Waals surface area contributed by atoms with Crippen LogP contribution >= 0.6 is 0 Å².